The monoisotopic (exact) mass is 229 g/mol. The van der Waals surface area contributed by atoms with Crippen molar-refractivity contribution in [2.24, 2.45) is 5.92 Å². The Morgan fingerprint density at radius 1 is 1.53 bits per heavy atom. The van der Waals surface area contributed by atoms with Gasteiger partial charge in [0.15, 0.2) is 0 Å². The van der Waals surface area contributed by atoms with Gasteiger partial charge in [-0.05, 0) is 31.7 Å². The lowest BCUT2D eigenvalue weighted by molar-refractivity contribution is -0.112. The second-order valence-corrected chi connectivity index (χ2v) is 4.92. The van der Waals surface area contributed by atoms with Gasteiger partial charge in [0.1, 0.15) is 6.29 Å². The third-order valence-corrected chi connectivity index (χ3v) is 3.84. The minimum Gasteiger partial charge on any atom is -0.316 e. The number of nitrogens with zero attached hydrogens (tertiary/aromatic N) is 1. The summed E-state index contributed by atoms with van der Waals surface area (Å²) in [7, 11) is 0. The van der Waals surface area contributed by atoms with Crippen LogP contribution in [0.4, 0.5) is 0 Å². The molecule has 2 heterocycles. The molecule has 0 bridgehead atoms. The van der Waals surface area contributed by atoms with E-state index in [-0.39, 0.29) is 11.4 Å². The van der Waals surface area contributed by atoms with E-state index in [1.54, 1.807) is 0 Å². The number of thiol groups is 1. The van der Waals surface area contributed by atoms with E-state index >= 15 is 0 Å². The highest BCUT2D eigenvalue weighted by atomic mass is 32.1. The van der Waals surface area contributed by atoms with E-state index in [1.165, 1.54) is 6.42 Å². The van der Waals surface area contributed by atoms with Crippen molar-refractivity contribution in [3.8, 4) is 0 Å². The standard InChI is InChI=1S/C10H19N3OS/c14-7-9-2-1-5-13(9)12-10(15)8-3-4-11-6-8/h7-12,15H,1-6H2/t8?,9-,10?/m0/s1. The van der Waals surface area contributed by atoms with Gasteiger partial charge in [-0.2, -0.15) is 12.6 Å². The first-order chi connectivity index (χ1) is 7.31. The normalized spacial score (nSPS) is 34.5. The van der Waals surface area contributed by atoms with Gasteiger partial charge in [0.05, 0.1) is 11.4 Å². The first-order valence-corrected chi connectivity index (χ1v) is 6.20. The molecule has 2 aliphatic heterocycles. The molecule has 0 radical (unpaired) electrons. The first-order valence-electron chi connectivity index (χ1n) is 5.68. The quantitative estimate of drug-likeness (QED) is 0.361. The Bertz CT molecular complexity index is 221. The van der Waals surface area contributed by atoms with Crippen molar-refractivity contribution in [2.45, 2.75) is 30.7 Å². The number of hydrogen-bond donors (Lipinski definition) is 3. The van der Waals surface area contributed by atoms with Gasteiger partial charge in [0.25, 0.3) is 0 Å². The Kier molecular flexibility index (Phi) is 4.02. The predicted octanol–water partition coefficient (Wildman–Crippen LogP) is 0.0197. The van der Waals surface area contributed by atoms with Gasteiger partial charge in [0, 0.05) is 13.1 Å². The van der Waals surface area contributed by atoms with Gasteiger partial charge in [-0.1, -0.05) is 0 Å². The maximum absolute atomic E-state index is 10.8. The van der Waals surface area contributed by atoms with E-state index in [9.17, 15) is 4.79 Å². The van der Waals surface area contributed by atoms with Crippen LogP contribution in [0.2, 0.25) is 0 Å². The number of hydrazine groups is 1. The summed E-state index contributed by atoms with van der Waals surface area (Å²) in [4.78, 5) is 10.8. The number of aldehydes is 1. The van der Waals surface area contributed by atoms with Crippen LogP contribution in [-0.2, 0) is 4.79 Å². The van der Waals surface area contributed by atoms with E-state index in [4.69, 9.17) is 0 Å². The molecule has 0 spiro atoms. The Labute approximate surface area is 96.2 Å². The largest absolute Gasteiger partial charge is 0.316 e. The summed E-state index contributed by atoms with van der Waals surface area (Å²) >= 11 is 4.57. The third-order valence-electron chi connectivity index (χ3n) is 3.30. The molecular formula is C10H19N3OS. The zero-order valence-corrected chi connectivity index (χ0v) is 9.75. The highest BCUT2D eigenvalue weighted by Crippen LogP contribution is 2.19. The van der Waals surface area contributed by atoms with Crippen LogP contribution in [0.15, 0.2) is 0 Å². The number of carbonyl (C=O) groups is 1. The van der Waals surface area contributed by atoms with Gasteiger partial charge in [-0.3, -0.25) is 0 Å². The Morgan fingerprint density at radius 2 is 2.40 bits per heavy atom. The number of rotatable bonds is 4. The molecule has 2 unspecified atom stereocenters. The topological polar surface area (TPSA) is 44.4 Å². The molecule has 2 N–H and O–H groups in total. The number of carbonyl (C=O) groups excluding carboxylic acids is 1. The van der Waals surface area contributed by atoms with Crippen LogP contribution >= 0.6 is 12.6 Å². The summed E-state index contributed by atoms with van der Waals surface area (Å²) in [6.07, 6.45) is 4.27. The smallest absolute Gasteiger partial charge is 0.138 e. The summed E-state index contributed by atoms with van der Waals surface area (Å²) in [6, 6.07) is 0.0500. The summed E-state index contributed by atoms with van der Waals surface area (Å²) in [5, 5.41) is 5.54. The Balaban J connectivity index is 1.81. The van der Waals surface area contributed by atoms with Crippen molar-refractivity contribution in [3.05, 3.63) is 0 Å². The second-order valence-electron chi connectivity index (χ2n) is 4.37. The molecular weight excluding hydrogens is 210 g/mol. The SMILES string of the molecule is O=C[C@@H]1CCCN1NC(S)C1CCNC1. The maximum atomic E-state index is 10.8. The number of nitrogens with one attached hydrogen (secondary N) is 2. The fourth-order valence-corrected chi connectivity index (χ4v) is 2.72. The second kappa shape index (κ2) is 5.30. The fraction of sp³-hybridized carbons (Fsp3) is 0.900. The zero-order valence-electron chi connectivity index (χ0n) is 8.85. The molecule has 2 fully saturated rings. The van der Waals surface area contributed by atoms with E-state index in [0.717, 1.165) is 38.8 Å². The van der Waals surface area contributed by atoms with Crippen molar-refractivity contribution in [1.29, 1.82) is 0 Å². The van der Waals surface area contributed by atoms with Crippen LogP contribution in [-0.4, -0.2) is 42.3 Å². The lowest BCUT2D eigenvalue weighted by Gasteiger charge is -2.28. The van der Waals surface area contributed by atoms with Gasteiger partial charge >= 0.3 is 0 Å². The molecule has 0 amide bonds. The molecule has 4 nitrogen and oxygen atoms in total. The summed E-state index contributed by atoms with van der Waals surface area (Å²) < 4.78 is 0. The summed E-state index contributed by atoms with van der Waals surface area (Å²) in [5.74, 6) is 0.571. The highest BCUT2D eigenvalue weighted by molar-refractivity contribution is 7.80. The van der Waals surface area contributed by atoms with Crippen LogP contribution < -0.4 is 10.7 Å². The average Bonchev–Trinajstić information content (AvgIpc) is 2.87. The lowest BCUT2D eigenvalue weighted by Crippen LogP contribution is -2.48. The van der Waals surface area contributed by atoms with Crippen molar-refractivity contribution in [1.82, 2.24) is 15.8 Å². The zero-order chi connectivity index (χ0) is 10.7. The van der Waals surface area contributed by atoms with E-state index in [1.807, 2.05) is 5.01 Å². The molecule has 0 aliphatic carbocycles. The Hall–Kier alpha value is -0.100. The molecule has 5 heteroatoms. The molecule has 0 saturated carbocycles. The van der Waals surface area contributed by atoms with Crippen LogP contribution in [0.5, 0.6) is 0 Å². The van der Waals surface area contributed by atoms with Gasteiger partial charge in [-0.25, -0.2) is 10.4 Å². The van der Waals surface area contributed by atoms with Gasteiger partial charge < -0.3 is 10.1 Å². The molecule has 3 atom stereocenters. The van der Waals surface area contributed by atoms with Crippen molar-refractivity contribution < 1.29 is 4.79 Å². The molecule has 2 aliphatic rings. The van der Waals surface area contributed by atoms with Crippen molar-refractivity contribution in [3.63, 3.8) is 0 Å². The van der Waals surface area contributed by atoms with Crippen molar-refractivity contribution in [2.75, 3.05) is 19.6 Å². The Morgan fingerprint density at radius 3 is 3.07 bits per heavy atom. The molecule has 2 saturated heterocycles. The highest BCUT2D eigenvalue weighted by Gasteiger charge is 2.28. The summed E-state index contributed by atoms with van der Waals surface area (Å²) in [5.41, 5.74) is 3.35. The third kappa shape index (κ3) is 2.72. The first kappa shape index (κ1) is 11.4. The molecule has 86 valence electrons. The predicted molar refractivity (Wildman–Crippen MR) is 62.7 cm³/mol. The summed E-state index contributed by atoms with van der Waals surface area (Å²) in [6.45, 7) is 3.07. The average molecular weight is 229 g/mol. The van der Waals surface area contributed by atoms with Crippen LogP contribution in [0.25, 0.3) is 0 Å². The molecule has 0 aromatic heterocycles. The van der Waals surface area contributed by atoms with Gasteiger partial charge in [0.2, 0.25) is 0 Å². The van der Waals surface area contributed by atoms with E-state index in [0.29, 0.717) is 5.92 Å². The van der Waals surface area contributed by atoms with E-state index in [2.05, 4.69) is 23.4 Å². The number of hydrogen-bond acceptors (Lipinski definition) is 5. The maximum Gasteiger partial charge on any atom is 0.138 e. The lowest BCUT2D eigenvalue weighted by atomic mass is 10.1. The van der Waals surface area contributed by atoms with Crippen LogP contribution in [0.1, 0.15) is 19.3 Å². The molecule has 0 aromatic carbocycles. The van der Waals surface area contributed by atoms with Crippen LogP contribution in [0, 0.1) is 5.92 Å². The molecule has 0 aromatic rings. The van der Waals surface area contributed by atoms with Gasteiger partial charge in [-0.15, -0.1) is 0 Å². The van der Waals surface area contributed by atoms with Crippen molar-refractivity contribution >= 4 is 18.9 Å². The van der Waals surface area contributed by atoms with E-state index < -0.39 is 0 Å². The molecule has 15 heavy (non-hydrogen) atoms. The molecule has 2 rings (SSSR count). The minimum absolute atomic E-state index is 0.0500. The van der Waals surface area contributed by atoms with Crippen LogP contribution in [0.3, 0.4) is 0 Å². The minimum atomic E-state index is 0.0500. The fourth-order valence-electron chi connectivity index (χ4n) is 2.32.